The van der Waals surface area contributed by atoms with E-state index in [0.717, 1.165) is 5.56 Å². The molecule has 0 aliphatic carbocycles. The maximum absolute atomic E-state index is 5.99. The molecule has 1 aliphatic rings. The van der Waals surface area contributed by atoms with Gasteiger partial charge in [0.25, 0.3) is 0 Å². The maximum Gasteiger partial charge on any atom is 0.0746 e. The number of rotatable bonds is 3. The van der Waals surface area contributed by atoms with Gasteiger partial charge in [0.05, 0.1) is 11.7 Å². The van der Waals surface area contributed by atoms with Crippen LogP contribution in [-0.4, -0.2) is 39.5 Å². The molecule has 2 rings (SSSR count). The summed E-state index contributed by atoms with van der Waals surface area (Å²) in [5.41, 5.74) is 13.4. The van der Waals surface area contributed by atoms with Crippen LogP contribution in [0.2, 0.25) is 0 Å². The van der Waals surface area contributed by atoms with Crippen LogP contribution in [0.5, 0.6) is 0 Å². The molecule has 1 saturated heterocycles. The van der Waals surface area contributed by atoms with Crippen molar-refractivity contribution in [3.63, 3.8) is 0 Å². The first-order valence-electron chi connectivity index (χ1n) is 5.68. The Hall–Kier alpha value is -1.28. The lowest BCUT2D eigenvalue weighted by Crippen LogP contribution is -2.48. The van der Waals surface area contributed by atoms with Crippen LogP contribution in [-0.2, 0) is 0 Å². The van der Waals surface area contributed by atoms with Gasteiger partial charge in [-0.1, -0.05) is 12.8 Å². The molecule has 2 unspecified atom stereocenters. The fourth-order valence-electron chi connectivity index (χ4n) is 1.97. The van der Waals surface area contributed by atoms with Gasteiger partial charge in [0.1, 0.15) is 0 Å². The lowest BCUT2D eigenvalue weighted by Gasteiger charge is -2.25. The van der Waals surface area contributed by atoms with Gasteiger partial charge in [0.2, 0.25) is 0 Å². The van der Waals surface area contributed by atoms with E-state index in [1.54, 1.807) is 23.6 Å². The van der Waals surface area contributed by atoms with Crippen LogP contribution < -0.4 is 17.3 Å². The van der Waals surface area contributed by atoms with Crippen molar-refractivity contribution >= 4 is 18.5 Å². The fourth-order valence-corrected chi connectivity index (χ4v) is 2.33. The Morgan fingerprint density at radius 2 is 2.33 bits per heavy atom. The summed E-state index contributed by atoms with van der Waals surface area (Å²) in [4.78, 5) is 4.01. The first-order valence-corrected chi connectivity index (χ1v) is 6.08. The summed E-state index contributed by atoms with van der Waals surface area (Å²) in [5, 5.41) is 1.56. The van der Waals surface area contributed by atoms with Crippen molar-refractivity contribution in [2.24, 2.45) is 17.3 Å². The van der Waals surface area contributed by atoms with Gasteiger partial charge in [-0.05, 0) is 12.1 Å². The highest BCUT2D eigenvalue weighted by Crippen LogP contribution is 2.16. The molecule has 0 spiro atoms. The minimum Gasteiger partial charge on any atom is -0.397 e. The summed E-state index contributed by atoms with van der Waals surface area (Å²) in [6.07, 6.45) is 5.08. The Balaban J connectivity index is 2.08. The van der Waals surface area contributed by atoms with Crippen molar-refractivity contribution in [3.8, 4) is 0 Å². The third kappa shape index (κ3) is 2.94. The average molecular weight is 266 g/mol. The van der Waals surface area contributed by atoms with Crippen LogP contribution in [0.25, 0.3) is 5.70 Å². The second-order valence-electron chi connectivity index (χ2n) is 4.38. The van der Waals surface area contributed by atoms with Crippen LogP contribution in [0.4, 0.5) is 0 Å². The third-order valence-electron chi connectivity index (χ3n) is 2.98. The molecule has 1 aromatic heterocycles. The van der Waals surface area contributed by atoms with Crippen LogP contribution in [0.3, 0.4) is 0 Å². The molecular formula is C11H18N6S. The number of hydrazine groups is 1. The Kier molecular flexibility index (Phi) is 4.07. The first-order chi connectivity index (χ1) is 8.58. The zero-order valence-corrected chi connectivity index (χ0v) is 10.9. The van der Waals surface area contributed by atoms with Crippen LogP contribution in [0, 0.1) is 0 Å². The van der Waals surface area contributed by atoms with Crippen LogP contribution >= 0.6 is 12.8 Å². The Morgan fingerprint density at radius 1 is 1.56 bits per heavy atom. The van der Waals surface area contributed by atoms with E-state index in [1.165, 1.54) is 0 Å². The lowest BCUT2D eigenvalue weighted by atomic mass is 10.1. The molecule has 0 amide bonds. The zero-order chi connectivity index (χ0) is 13.1. The number of aromatic nitrogens is 1. The quantitative estimate of drug-likeness (QED) is 0.330. The molecule has 6 nitrogen and oxygen atoms in total. The molecule has 1 aliphatic heterocycles. The van der Waals surface area contributed by atoms with Gasteiger partial charge < -0.3 is 16.5 Å². The number of hydrogen-bond acceptors (Lipinski definition) is 7. The Morgan fingerprint density at radius 3 is 2.89 bits per heavy atom. The summed E-state index contributed by atoms with van der Waals surface area (Å²) in [6, 6.07) is 3.68. The first kappa shape index (κ1) is 13.2. The second kappa shape index (κ2) is 5.57. The second-order valence-corrected chi connectivity index (χ2v) is 4.94. The molecular weight excluding hydrogens is 248 g/mol. The van der Waals surface area contributed by atoms with Crippen molar-refractivity contribution < 1.29 is 0 Å². The monoisotopic (exact) mass is 266 g/mol. The van der Waals surface area contributed by atoms with Gasteiger partial charge in [0, 0.05) is 43.3 Å². The molecule has 1 aromatic rings. The van der Waals surface area contributed by atoms with Gasteiger partial charge in [-0.2, -0.15) is 0 Å². The molecule has 18 heavy (non-hydrogen) atoms. The normalized spacial score (nSPS) is 25.4. The van der Waals surface area contributed by atoms with Gasteiger partial charge in [0.15, 0.2) is 0 Å². The van der Waals surface area contributed by atoms with E-state index in [9.17, 15) is 0 Å². The minimum absolute atomic E-state index is 0.0118. The lowest BCUT2D eigenvalue weighted by molar-refractivity contribution is 0.278. The van der Waals surface area contributed by atoms with Crippen LogP contribution in [0.1, 0.15) is 5.56 Å². The Labute approximate surface area is 112 Å². The highest BCUT2D eigenvalue weighted by Gasteiger charge is 2.31. The van der Waals surface area contributed by atoms with E-state index in [1.807, 2.05) is 16.4 Å². The van der Waals surface area contributed by atoms with Gasteiger partial charge in [-0.15, -0.1) is 0 Å². The number of hydrogen-bond donors (Lipinski definition) is 4. The van der Waals surface area contributed by atoms with E-state index in [-0.39, 0.29) is 12.1 Å². The number of pyridine rings is 1. The summed E-state index contributed by atoms with van der Waals surface area (Å²) in [6.45, 7) is 1.42. The molecule has 0 saturated carbocycles. The number of nitrogens with two attached hydrogens (primary N) is 3. The van der Waals surface area contributed by atoms with Crippen molar-refractivity contribution in [2.75, 3.05) is 13.1 Å². The number of thiol groups is 1. The van der Waals surface area contributed by atoms with Crippen molar-refractivity contribution in [3.05, 3.63) is 36.3 Å². The summed E-state index contributed by atoms with van der Waals surface area (Å²) in [5.74, 6) is 5.99. The molecule has 0 radical (unpaired) electrons. The molecule has 0 bridgehead atoms. The summed E-state index contributed by atoms with van der Waals surface area (Å²) >= 11 is 4.28. The molecule has 1 fully saturated rings. The predicted octanol–water partition coefficient (Wildman–Crippen LogP) is -0.629. The molecule has 7 heteroatoms. The molecule has 98 valence electrons. The van der Waals surface area contributed by atoms with Crippen molar-refractivity contribution in [1.29, 1.82) is 0 Å². The molecule has 2 heterocycles. The summed E-state index contributed by atoms with van der Waals surface area (Å²) in [7, 11) is 0. The zero-order valence-electron chi connectivity index (χ0n) is 9.98. The summed E-state index contributed by atoms with van der Waals surface area (Å²) < 4.78 is 1.85. The average Bonchev–Trinajstić information content (AvgIpc) is 2.69. The van der Waals surface area contributed by atoms with E-state index in [2.05, 4.69) is 17.8 Å². The molecule has 0 aromatic carbocycles. The van der Waals surface area contributed by atoms with Crippen molar-refractivity contribution in [2.45, 2.75) is 12.1 Å². The standard InChI is InChI=1S/C11H18N6S/c12-9(8-2-1-3-15-4-8)6-17(14)11-7-16(18)5-10(11)13/h1-4,6,10-11,18H,5,7,12-14H2/b9-6-. The number of nitrogens with zero attached hydrogens (tertiary/aromatic N) is 3. The minimum atomic E-state index is -0.0366. The molecule has 6 N–H and O–H groups in total. The van der Waals surface area contributed by atoms with Crippen molar-refractivity contribution in [1.82, 2.24) is 14.3 Å². The van der Waals surface area contributed by atoms with Gasteiger partial charge in [-0.25, -0.2) is 10.1 Å². The SMILES string of the molecule is N/C(=C\N(N)C1CN(S)CC1N)c1cccnc1. The van der Waals surface area contributed by atoms with Gasteiger partial charge in [-0.3, -0.25) is 4.98 Å². The highest BCUT2D eigenvalue weighted by molar-refractivity contribution is 7.77. The Bertz CT molecular complexity index is 423. The van der Waals surface area contributed by atoms with Crippen LogP contribution in [0.15, 0.2) is 30.7 Å². The fraction of sp³-hybridized carbons (Fsp3) is 0.364. The topological polar surface area (TPSA) is 97.4 Å². The van der Waals surface area contributed by atoms with E-state index in [4.69, 9.17) is 17.3 Å². The predicted molar refractivity (Wildman–Crippen MR) is 74.8 cm³/mol. The van der Waals surface area contributed by atoms with E-state index >= 15 is 0 Å². The molecule has 2 atom stereocenters. The largest absolute Gasteiger partial charge is 0.397 e. The van der Waals surface area contributed by atoms with Gasteiger partial charge >= 0.3 is 0 Å². The highest BCUT2D eigenvalue weighted by atomic mass is 32.1. The van der Waals surface area contributed by atoms with E-state index in [0.29, 0.717) is 18.8 Å². The van der Waals surface area contributed by atoms with E-state index < -0.39 is 0 Å². The maximum atomic E-state index is 5.99. The smallest absolute Gasteiger partial charge is 0.0746 e. The third-order valence-corrected chi connectivity index (χ3v) is 3.31.